The zero-order valence-electron chi connectivity index (χ0n) is 16.1. The number of halogens is 4. The van der Waals surface area contributed by atoms with Gasteiger partial charge in [-0.15, -0.1) is 0 Å². The molecule has 1 amide bonds. The summed E-state index contributed by atoms with van der Waals surface area (Å²) in [6, 6.07) is 2.74. The highest BCUT2D eigenvalue weighted by Crippen LogP contribution is 2.37. The monoisotopic (exact) mass is 442 g/mol. The van der Waals surface area contributed by atoms with Crippen molar-refractivity contribution in [1.82, 2.24) is 5.32 Å². The maximum Gasteiger partial charge on any atom is 0.417 e. The zero-order chi connectivity index (χ0) is 21.5. The number of carbonyl (C=O) groups excluding carboxylic acids is 1. The third-order valence-corrected chi connectivity index (χ3v) is 5.83. The molecule has 0 radical (unpaired) electrons. The van der Waals surface area contributed by atoms with E-state index in [9.17, 15) is 26.4 Å². The minimum Gasteiger partial charge on any atom is -0.354 e. The number of benzene rings is 1. The number of hydrogen-bond acceptors (Lipinski definition) is 3. The summed E-state index contributed by atoms with van der Waals surface area (Å²) in [4.78, 5) is 12.3. The van der Waals surface area contributed by atoms with Crippen LogP contribution in [0.1, 0.15) is 45.1 Å². The maximum absolute atomic E-state index is 13.1. The van der Waals surface area contributed by atoms with Crippen LogP contribution in [-0.4, -0.2) is 33.7 Å². The third-order valence-electron chi connectivity index (χ3n) is 4.36. The molecule has 1 N–H and O–H groups in total. The molecule has 1 atom stereocenters. The van der Waals surface area contributed by atoms with E-state index in [0.29, 0.717) is 16.9 Å². The molecule has 0 aromatic heterocycles. The number of sulfonamides is 1. The normalized spacial score (nSPS) is 13.2. The summed E-state index contributed by atoms with van der Waals surface area (Å²) in [5, 5.41) is 2.13. The quantitative estimate of drug-likeness (QED) is 0.581. The van der Waals surface area contributed by atoms with Crippen LogP contribution >= 0.6 is 11.6 Å². The van der Waals surface area contributed by atoms with E-state index in [1.54, 1.807) is 0 Å². The SMILES string of the molecule is CCCC[C@H](CC)CNC(=O)CN(c1ccc(Cl)c(C(F)(F)F)c1)S(C)(=O)=O. The van der Waals surface area contributed by atoms with Gasteiger partial charge >= 0.3 is 6.18 Å². The number of rotatable bonds is 10. The number of amides is 1. The van der Waals surface area contributed by atoms with Gasteiger partial charge in [-0.05, 0) is 30.5 Å². The number of hydrogen-bond donors (Lipinski definition) is 1. The Morgan fingerprint density at radius 3 is 2.43 bits per heavy atom. The molecule has 0 unspecified atom stereocenters. The Labute approximate surface area is 169 Å². The molecule has 0 saturated carbocycles. The predicted octanol–water partition coefficient (Wildman–Crippen LogP) is 4.46. The highest BCUT2D eigenvalue weighted by Gasteiger charge is 2.34. The van der Waals surface area contributed by atoms with Gasteiger partial charge in [0.15, 0.2) is 0 Å². The highest BCUT2D eigenvalue weighted by molar-refractivity contribution is 7.92. The van der Waals surface area contributed by atoms with E-state index < -0.39 is 39.2 Å². The Bertz CT molecular complexity index is 770. The van der Waals surface area contributed by atoms with Gasteiger partial charge in [-0.25, -0.2) is 8.42 Å². The predicted molar refractivity (Wildman–Crippen MR) is 105 cm³/mol. The molecule has 0 fully saturated rings. The fourth-order valence-corrected chi connectivity index (χ4v) is 3.75. The summed E-state index contributed by atoms with van der Waals surface area (Å²) in [5.74, 6) is -0.313. The average molecular weight is 443 g/mol. The highest BCUT2D eigenvalue weighted by atomic mass is 35.5. The molecule has 0 saturated heterocycles. The van der Waals surface area contributed by atoms with E-state index in [1.165, 1.54) is 0 Å². The van der Waals surface area contributed by atoms with Gasteiger partial charge in [-0.1, -0.05) is 44.7 Å². The van der Waals surface area contributed by atoms with Crippen LogP contribution in [0, 0.1) is 5.92 Å². The van der Waals surface area contributed by atoms with Crippen LogP contribution in [0.25, 0.3) is 0 Å². The molecule has 28 heavy (non-hydrogen) atoms. The van der Waals surface area contributed by atoms with Crippen molar-refractivity contribution < 1.29 is 26.4 Å². The Morgan fingerprint density at radius 1 is 1.29 bits per heavy atom. The van der Waals surface area contributed by atoms with E-state index in [1.807, 2.05) is 6.92 Å². The Balaban J connectivity index is 2.98. The van der Waals surface area contributed by atoms with E-state index >= 15 is 0 Å². The van der Waals surface area contributed by atoms with Gasteiger partial charge in [0.1, 0.15) is 6.54 Å². The number of nitrogens with zero attached hydrogens (tertiary/aromatic N) is 1. The summed E-state index contributed by atoms with van der Waals surface area (Å²) in [6.07, 6.45) is -0.0545. The molecule has 0 spiro atoms. The molecule has 1 aromatic rings. The lowest BCUT2D eigenvalue weighted by Gasteiger charge is -2.24. The molecule has 160 valence electrons. The first-order chi connectivity index (χ1) is 12.9. The Morgan fingerprint density at radius 2 is 1.93 bits per heavy atom. The van der Waals surface area contributed by atoms with Crippen molar-refractivity contribution in [2.45, 2.75) is 45.7 Å². The number of unbranched alkanes of at least 4 members (excludes halogenated alkanes) is 1. The molecule has 1 rings (SSSR count). The van der Waals surface area contributed by atoms with Gasteiger partial charge in [0.2, 0.25) is 15.9 Å². The molecule has 0 aliphatic heterocycles. The Hall–Kier alpha value is -1.48. The van der Waals surface area contributed by atoms with Crippen molar-refractivity contribution in [3.8, 4) is 0 Å². The lowest BCUT2D eigenvalue weighted by Crippen LogP contribution is -2.41. The lowest BCUT2D eigenvalue weighted by molar-refractivity contribution is -0.137. The Kier molecular flexibility index (Phi) is 9.07. The van der Waals surface area contributed by atoms with Crippen LogP contribution in [-0.2, 0) is 21.0 Å². The van der Waals surface area contributed by atoms with Crippen LogP contribution in [0.4, 0.5) is 18.9 Å². The minimum absolute atomic E-state index is 0.267. The van der Waals surface area contributed by atoms with Crippen molar-refractivity contribution in [3.63, 3.8) is 0 Å². The first kappa shape index (κ1) is 24.6. The van der Waals surface area contributed by atoms with Crippen LogP contribution < -0.4 is 9.62 Å². The topological polar surface area (TPSA) is 66.5 Å². The zero-order valence-corrected chi connectivity index (χ0v) is 17.7. The largest absolute Gasteiger partial charge is 0.417 e. The lowest BCUT2D eigenvalue weighted by atomic mass is 9.99. The van der Waals surface area contributed by atoms with Crippen molar-refractivity contribution in [3.05, 3.63) is 28.8 Å². The van der Waals surface area contributed by atoms with E-state index in [-0.39, 0.29) is 11.6 Å². The number of alkyl halides is 3. The van der Waals surface area contributed by atoms with Crippen LogP contribution in [0.3, 0.4) is 0 Å². The molecule has 5 nitrogen and oxygen atoms in total. The molecule has 0 heterocycles. The van der Waals surface area contributed by atoms with E-state index in [0.717, 1.165) is 44.1 Å². The fourth-order valence-electron chi connectivity index (χ4n) is 2.67. The second kappa shape index (κ2) is 10.3. The summed E-state index contributed by atoms with van der Waals surface area (Å²) in [7, 11) is -3.98. The molecule has 0 bridgehead atoms. The molecule has 0 aliphatic rings. The summed E-state index contributed by atoms with van der Waals surface area (Å²) < 4.78 is 64.0. The maximum atomic E-state index is 13.1. The van der Waals surface area contributed by atoms with Crippen molar-refractivity contribution in [1.29, 1.82) is 0 Å². The summed E-state index contributed by atoms with van der Waals surface area (Å²) >= 11 is 5.58. The number of nitrogens with one attached hydrogen (secondary N) is 1. The van der Waals surface area contributed by atoms with Gasteiger partial charge < -0.3 is 5.32 Å². The average Bonchev–Trinajstić information content (AvgIpc) is 2.58. The van der Waals surface area contributed by atoms with Crippen LogP contribution in [0.5, 0.6) is 0 Å². The molecule has 0 aliphatic carbocycles. The first-order valence-corrected chi connectivity index (χ1v) is 11.2. The second-order valence-corrected chi connectivity index (χ2v) is 8.97. The second-order valence-electron chi connectivity index (χ2n) is 6.65. The standard InChI is InChI=1S/C18H26ClF3N2O3S/c1-4-6-7-13(5-2)11-23-17(25)12-24(28(3,26)27)14-8-9-16(19)15(10-14)18(20,21)22/h8-10,13H,4-7,11-12H2,1-3H3,(H,23,25)/t13-/m0/s1. The number of carbonyl (C=O) groups is 1. The number of anilines is 1. The van der Waals surface area contributed by atoms with Crippen LogP contribution in [0.15, 0.2) is 18.2 Å². The fraction of sp³-hybridized carbons (Fsp3) is 0.611. The summed E-state index contributed by atoms with van der Waals surface area (Å²) in [6.45, 7) is 3.85. The van der Waals surface area contributed by atoms with Crippen molar-refractivity contribution in [2.75, 3.05) is 23.7 Å². The smallest absolute Gasteiger partial charge is 0.354 e. The molecule has 10 heteroatoms. The molecular formula is C18H26ClF3N2O3S. The van der Waals surface area contributed by atoms with Gasteiger partial charge in [-0.3, -0.25) is 9.10 Å². The van der Waals surface area contributed by atoms with Crippen molar-refractivity contribution >= 4 is 33.2 Å². The van der Waals surface area contributed by atoms with Gasteiger partial charge in [-0.2, -0.15) is 13.2 Å². The van der Waals surface area contributed by atoms with Gasteiger partial charge in [0.05, 0.1) is 22.5 Å². The van der Waals surface area contributed by atoms with Crippen LogP contribution in [0.2, 0.25) is 5.02 Å². The minimum atomic E-state index is -4.74. The third kappa shape index (κ3) is 7.50. The van der Waals surface area contributed by atoms with E-state index in [4.69, 9.17) is 11.6 Å². The molecule has 1 aromatic carbocycles. The van der Waals surface area contributed by atoms with Gasteiger partial charge in [0, 0.05) is 6.54 Å². The van der Waals surface area contributed by atoms with Crippen molar-refractivity contribution in [2.24, 2.45) is 5.92 Å². The first-order valence-electron chi connectivity index (χ1n) is 9.01. The van der Waals surface area contributed by atoms with Gasteiger partial charge in [0.25, 0.3) is 0 Å². The summed E-state index contributed by atoms with van der Waals surface area (Å²) in [5.41, 5.74) is -1.43. The molecular weight excluding hydrogens is 417 g/mol. The van der Waals surface area contributed by atoms with E-state index in [2.05, 4.69) is 12.2 Å².